The van der Waals surface area contributed by atoms with E-state index < -0.39 is 10.7 Å². The number of nitro groups is 1. The van der Waals surface area contributed by atoms with Crippen LogP contribution in [0, 0.1) is 21.3 Å². The second-order valence-corrected chi connectivity index (χ2v) is 5.70. The minimum atomic E-state index is -0.580. The minimum Gasteiger partial charge on any atom is -0.382 e. The summed E-state index contributed by atoms with van der Waals surface area (Å²) in [4.78, 5) is 10.1. The first-order chi connectivity index (χ1) is 8.35. The summed E-state index contributed by atoms with van der Waals surface area (Å²) in [6.07, 6.45) is 3.12. The van der Waals surface area contributed by atoms with E-state index in [0.29, 0.717) is 5.69 Å². The molecular weight excluding hydrogens is 235 g/mol. The molecular formula is C13H17FN2O2. The van der Waals surface area contributed by atoms with E-state index in [9.17, 15) is 14.5 Å². The van der Waals surface area contributed by atoms with Gasteiger partial charge in [-0.25, -0.2) is 4.39 Å². The van der Waals surface area contributed by atoms with E-state index >= 15 is 0 Å². The molecule has 1 saturated carbocycles. The van der Waals surface area contributed by atoms with Gasteiger partial charge in [0.1, 0.15) is 5.82 Å². The van der Waals surface area contributed by atoms with Gasteiger partial charge in [0, 0.05) is 17.8 Å². The molecule has 1 fully saturated rings. The molecule has 1 aliphatic carbocycles. The first kappa shape index (κ1) is 12.8. The molecule has 0 heterocycles. The monoisotopic (exact) mass is 252 g/mol. The van der Waals surface area contributed by atoms with Gasteiger partial charge in [0.05, 0.1) is 11.0 Å². The zero-order chi connectivity index (χ0) is 13.3. The van der Waals surface area contributed by atoms with Gasteiger partial charge in [0.2, 0.25) is 0 Å². The number of benzene rings is 1. The van der Waals surface area contributed by atoms with E-state index in [1.165, 1.54) is 12.1 Å². The van der Waals surface area contributed by atoms with Gasteiger partial charge >= 0.3 is 0 Å². The van der Waals surface area contributed by atoms with E-state index in [0.717, 1.165) is 25.3 Å². The maximum absolute atomic E-state index is 13.3. The van der Waals surface area contributed by atoms with Gasteiger partial charge in [-0.15, -0.1) is 0 Å². The molecule has 0 saturated heterocycles. The zero-order valence-electron chi connectivity index (χ0n) is 10.6. The highest BCUT2D eigenvalue weighted by molar-refractivity contribution is 5.52. The van der Waals surface area contributed by atoms with Crippen molar-refractivity contribution >= 4 is 11.4 Å². The largest absolute Gasteiger partial charge is 0.382 e. The number of nitro benzene ring substituents is 1. The Kier molecular flexibility index (Phi) is 3.24. The van der Waals surface area contributed by atoms with E-state index in [1.807, 2.05) is 0 Å². The van der Waals surface area contributed by atoms with E-state index in [-0.39, 0.29) is 17.1 Å². The van der Waals surface area contributed by atoms with Crippen LogP contribution in [0.5, 0.6) is 0 Å². The van der Waals surface area contributed by atoms with Crippen LogP contribution in [0.15, 0.2) is 18.2 Å². The minimum absolute atomic E-state index is 0.213. The number of non-ortho nitro benzene ring substituents is 1. The number of nitrogens with one attached hydrogen (secondary N) is 1. The van der Waals surface area contributed by atoms with Crippen molar-refractivity contribution in [2.45, 2.75) is 39.2 Å². The Bertz CT molecular complexity index is 474. The average molecular weight is 252 g/mol. The van der Waals surface area contributed by atoms with Gasteiger partial charge in [-0.2, -0.15) is 0 Å². The first-order valence-electron chi connectivity index (χ1n) is 6.07. The molecule has 4 nitrogen and oxygen atoms in total. The molecule has 1 aromatic carbocycles. The van der Waals surface area contributed by atoms with Crippen molar-refractivity contribution in [3.05, 3.63) is 34.1 Å². The molecule has 1 aliphatic rings. The molecule has 1 atom stereocenters. The van der Waals surface area contributed by atoms with Gasteiger partial charge in [-0.3, -0.25) is 10.1 Å². The Morgan fingerprint density at radius 1 is 1.44 bits per heavy atom. The van der Waals surface area contributed by atoms with Crippen LogP contribution in [0.4, 0.5) is 15.8 Å². The molecule has 1 aromatic rings. The summed E-state index contributed by atoms with van der Waals surface area (Å²) in [6.45, 7) is 4.39. The predicted molar refractivity (Wildman–Crippen MR) is 68.1 cm³/mol. The van der Waals surface area contributed by atoms with E-state index in [1.54, 1.807) is 0 Å². The van der Waals surface area contributed by atoms with Crippen molar-refractivity contribution in [2.75, 3.05) is 5.32 Å². The Hall–Kier alpha value is -1.65. The van der Waals surface area contributed by atoms with E-state index in [2.05, 4.69) is 19.2 Å². The highest BCUT2D eigenvalue weighted by Crippen LogP contribution is 2.38. The second kappa shape index (κ2) is 4.55. The molecule has 0 aliphatic heterocycles. The third-order valence-corrected chi connectivity index (χ3v) is 3.43. The summed E-state index contributed by atoms with van der Waals surface area (Å²) >= 11 is 0. The number of hydrogen-bond donors (Lipinski definition) is 1. The number of nitrogens with zero attached hydrogens (tertiary/aromatic N) is 1. The Morgan fingerprint density at radius 2 is 2.17 bits per heavy atom. The van der Waals surface area contributed by atoms with E-state index in [4.69, 9.17) is 0 Å². The molecule has 18 heavy (non-hydrogen) atoms. The topological polar surface area (TPSA) is 55.2 Å². The second-order valence-electron chi connectivity index (χ2n) is 5.70. The molecule has 0 spiro atoms. The number of anilines is 1. The fourth-order valence-corrected chi connectivity index (χ4v) is 2.56. The molecule has 98 valence electrons. The van der Waals surface area contributed by atoms with Crippen molar-refractivity contribution in [1.29, 1.82) is 0 Å². The number of halogens is 1. The number of rotatable bonds is 3. The van der Waals surface area contributed by atoms with Crippen LogP contribution in [0.2, 0.25) is 0 Å². The quantitative estimate of drug-likeness (QED) is 0.658. The van der Waals surface area contributed by atoms with Crippen molar-refractivity contribution in [3.8, 4) is 0 Å². The highest BCUT2D eigenvalue weighted by Gasteiger charge is 2.30. The Morgan fingerprint density at radius 3 is 2.72 bits per heavy atom. The van der Waals surface area contributed by atoms with Gasteiger partial charge < -0.3 is 5.32 Å². The van der Waals surface area contributed by atoms with Crippen molar-refractivity contribution in [3.63, 3.8) is 0 Å². The Balaban J connectivity index is 2.12. The smallest absolute Gasteiger partial charge is 0.274 e. The van der Waals surface area contributed by atoms with Gasteiger partial charge in [-0.05, 0) is 30.7 Å². The summed E-state index contributed by atoms with van der Waals surface area (Å²) in [7, 11) is 0. The third kappa shape index (κ3) is 2.97. The normalized spacial score (nSPS) is 21.8. The van der Waals surface area contributed by atoms with Crippen molar-refractivity contribution in [1.82, 2.24) is 0 Å². The fourth-order valence-electron chi connectivity index (χ4n) is 2.56. The van der Waals surface area contributed by atoms with Crippen LogP contribution in [0.1, 0.15) is 33.1 Å². The zero-order valence-corrected chi connectivity index (χ0v) is 10.6. The van der Waals surface area contributed by atoms with Crippen LogP contribution in [0.3, 0.4) is 0 Å². The van der Waals surface area contributed by atoms with Crippen LogP contribution < -0.4 is 5.32 Å². The molecule has 2 rings (SSSR count). The average Bonchev–Trinajstić information content (AvgIpc) is 2.57. The van der Waals surface area contributed by atoms with Crippen molar-refractivity contribution < 1.29 is 9.31 Å². The molecule has 1 N–H and O–H groups in total. The molecule has 0 amide bonds. The van der Waals surface area contributed by atoms with Crippen LogP contribution in [-0.2, 0) is 0 Å². The lowest BCUT2D eigenvalue weighted by Crippen LogP contribution is -2.17. The lowest BCUT2D eigenvalue weighted by Gasteiger charge is -2.18. The SMILES string of the molecule is CC1(C)CCC(Nc2cc(F)cc([N+](=O)[O-])c2)C1. The maximum atomic E-state index is 13.3. The molecule has 5 heteroatoms. The third-order valence-electron chi connectivity index (χ3n) is 3.43. The van der Waals surface area contributed by atoms with Crippen molar-refractivity contribution in [2.24, 2.45) is 5.41 Å². The summed E-state index contributed by atoms with van der Waals surface area (Å²) in [5.41, 5.74) is 0.566. The Labute approximate surface area is 105 Å². The molecule has 0 aromatic heterocycles. The van der Waals surface area contributed by atoms with Gasteiger partial charge in [-0.1, -0.05) is 13.8 Å². The fraction of sp³-hybridized carbons (Fsp3) is 0.538. The van der Waals surface area contributed by atoms with Gasteiger partial charge in [0.25, 0.3) is 5.69 Å². The van der Waals surface area contributed by atoms with Crippen LogP contribution in [-0.4, -0.2) is 11.0 Å². The summed E-state index contributed by atoms with van der Waals surface area (Å²) < 4.78 is 13.3. The maximum Gasteiger partial charge on any atom is 0.274 e. The molecule has 0 radical (unpaired) electrons. The lowest BCUT2D eigenvalue weighted by atomic mass is 9.92. The first-order valence-corrected chi connectivity index (χ1v) is 6.07. The summed E-state index contributed by atoms with van der Waals surface area (Å²) in [5, 5.41) is 13.8. The summed E-state index contributed by atoms with van der Waals surface area (Å²) in [6, 6.07) is 3.89. The predicted octanol–water partition coefficient (Wildman–Crippen LogP) is 3.72. The molecule has 0 bridgehead atoms. The van der Waals surface area contributed by atoms with Gasteiger partial charge in [0.15, 0.2) is 0 Å². The van der Waals surface area contributed by atoms with Crippen LogP contribution >= 0.6 is 0 Å². The lowest BCUT2D eigenvalue weighted by molar-refractivity contribution is -0.385. The standard InChI is InChI=1S/C13H17FN2O2/c1-13(2)4-3-10(8-13)15-11-5-9(14)6-12(7-11)16(17)18/h5-7,10,15H,3-4,8H2,1-2H3. The number of hydrogen-bond acceptors (Lipinski definition) is 3. The highest BCUT2D eigenvalue weighted by atomic mass is 19.1. The summed E-state index contributed by atoms with van der Waals surface area (Å²) in [5.74, 6) is -0.580. The molecule has 1 unspecified atom stereocenters. The van der Waals surface area contributed by atoms with Crippen LogP contribution in [0.25, 0.3) is 0 Å².